The lowest BCUT2D eigenvalue weighted by atomic mass is 9.63. The van der Waals surface area contributed by atoms with E-state index in [1.807, 2.05) is 41.3 Å². The predicted octanol–water partition coefficient (Wildman–Crippen LogP) is 2.92. The van der Waals surface area contributed by atoms with Gasteiger partial charge >= 0.3 is 0 Å². The first-order valence-electron chi connectivity index (χ1n) is 10.4. The van der Waals surface area contributed by atoms with Gasteiger partial charge in [-0.15, -0.1) is 0 Å². The number of methoxy groups -OCH3 is 1. The van der Waals surface area contributed by atoms with Crippen LogP contribution >= 0.6 is 0 Å². The minimum absolute atomic E-state index is 0.0524. The largest absolute Gasteiger partial charge is 0.496 e. The van der Waals surface area contributed by atoms with Gasteiger partial charge in [-0.2, -0.15) is 5.26 Å². The van der Waals surface area contributed by atoms with E-state index < -0.39 is 5.60 Å². The number of rotatable bonds is 5. The topological polar surface area (TPSA) is 86.5 Å². The summed E-state index contributed by atoms with van der Waals surface area (Å²) < 4.78 is 5.55. The van der Waals surface area contributed by atoms with E-state index in [0.717, 1.165) is 17.5 Å². The number of para-hydroxylation sites is 1. The van der Waals surface area contributed by atoms with Crippen LogP contribution in [0.4, 0.5) is 0 Å². The lowest BCUT2D eigenvalue weighted by Crippen LogP contribution is -2.46. The van der Waals surface area contributed by atoms with Gasteiger partial charge in [0.25, 0.3) is 0 Å². The van der Waals surface area contributed by atoms with Crippen molar-refractivity contribution in [2.75, 3.05) is 20.2 Å². The van der Waals surface area contributed by atoms with Crippen molar-refractivity contribution in [1.29, 1.82) is 5.26 Å². The molecule has 6 nitrogen and oxygen atoms in total. The van der Waals surface area contributed by atoms with Crippen LogP contribution in [-0.2, 0) is 16.8 Å². The summed E-state index contributed by atoms with van der Waals surface area (Å²) in [7, 11) is 1.60. The molecule has 0 radical (unpaired) electrons. The van der Waals surface area contributed by atoms with Crippen LogP contribution in [0.25, 0.3) is 0 Å². The number of carbonyl (C=O) groups is 1. The molecule has 30 heavy (non-hydrogen) atoms. The van der Waals surface area contributed by atoms with Gasteiger partial charge in [0, 0.05) is 43.4 Å². The molecule has 2 aromatic rings. The number of hydrogen-bond acceptors (Lipinski definition) is 5. The molecule has 1 aromatic heterocycles. The highest BCUT2D eigenvalue weighted by atomic mass is 16.5. The van der Waals surface area contributed by atoms with Gasteiger partial charge in [-0.3, -0.25) is 9.78 Å². The van der Waals surface area contributed by atoms with E-state index in [1.165, 1.54) is 0 Å². The van der Waals surface area contributed by atoms with Gasteiger partial charge in [-0.05, 0) is 42.4 Å². The molecule has 1 aromatic carbocycles. The summed E-state index contributed by atoms with van der Waals surface area (Å²) in [5, 5.41) is 21.3. The number of benzene rings is 1. The molecular weight excluding hydrogens is 378 g/mol. The normalized spacial score (nSPS) is 27.9. The number of nitrogens with zero attached hydrogens (tertiary/aromatic N) is 3. The second-order valence-corrected chi connectivity index (χ2v) is 8.50. The maximum absolute atomic E-state index is 13.0. The van der Waals surface area contributed by atoms with Crippen molar-refractivity contribution >= 4 is 5.91 Å². The van der Waals surface area contributed by atoms with Gasteiger partial charge < -0.3 is 14.7 Å². The Morgan fingerprint density at radius 1 is 1.33 bits per heavy atom. The summed E-state index contributed by atoms with van der Waals surface area (Å²) in [6.07, 6.45) is 5.49. The molecule has 1 amide bonds. The minimum Gasteiger partial charge on any atom is -0.496 e. The summed E-state index contributed by atoms with van der Waals surface area (Å²) in [5.74, 6) is 0.874. The number of amides is 1. The predicted molar refractivity (Wildman–Crippen MR) is 111 cm³/mol. The third kappa shape index (κ3) is 3.78. The molecule has 2 heterocycles. The Balaban J connectivity index is 1.62. The fourth-order valence-electron chi connectivity index (χ4n) is 5.34. The quantitative estimate of drug-likeness (QED) is 0.827. The highest BCUT2D eigenvalue weighted by Gasteiger charge is 2.53. The summed E-state index contributed by atoms with van der Waals surface area (Å²) in [6.45, 7) is 1.13. The number of ether oxygens (including phenoxy) is 1. The standard InChI is InChI=1S/C24H27N3O3/c1-30-22-7-3-2-6-20(22)24(29)13-17(8-9-25)11-19-15-27(16-21(19)24)23(28)12-18-5-4-10-26-14-18/h2-7,10,14,17,19,21,29H,8,11-13,15-16H2,1H3/t17-,19+,21-,24-/m1/s1. The molecule has 0 spiro atoms. The van der Waals surface area contributed by atoms with Crippen LogP contribution in [0.1, 0.15) is 30.4 Å². The molecule has 156 valence electrons. The average molecular weight is 405 g/mol. The second kappa shape index (κ2) is 8.45. The first kappa shape index (κ1) is 20.4. The van der Waals surface area contributed by atoms with Crippen molar-refractivity contribution in [2.45, 2.75) is 31.3 Å². The van der Waals surface area contributed by atoms with E-state index in [0.29, 0.717) is 38.1 Å². The molecule has 6 heteroatoms. The van der Waals surface area contributed by atoms with Crippen molar-refractivity contribution in [2.24, 2.45) is 17.8 Å². The Labute approximate surface area is 177 Å². The van der Waals surface area contributed by atoms with Crippen molar-refractivity contribution in [3.63, 3.8) is 0 Å². The van der Waals surface area contributed by atoms with E-state index in [2.05, 4.69) is 11.1 Å². The highest BCUT2D eigenvalue weighted by Crippen LogP contribution is 2.52. The van der Waals surface area contributed by atoms with E-state index >= 15 is 0 Å². The molecule has 1 aliphatic carbocycles. The monoisotopic (exact) mass is 405 g/mol. The smallest absolute Gasteiger partial charge is 0.227 e. The van der Waals surface area contributed by atoms with Gasteiger partial charge in [-0.1, -0.05) is 24.3 Å². The van der Waals surface area contributed by atoms with E-state index in [9.17, 15) is 15.2 Å². The van der Waals surface area contributed by atoms with Crippen LogP contribution in [0.2, 0.25) is 0 Å². The molecule has 1 saturated heterocycles. The number of aliphatic hydroxyl groups is 1. The SMILES string of the molecule is COc1ccccc1[C@]1(O)C[C@H](CC#N)C[C@H]2CN(C(=O)Cc3cccnc3)C[C@H]21. The molecule has 1 aliphatic heterocycles. The van der Waals surface area contributed by atoms with Gasteiger partial charge in [0.15, 0.2) is 0 Å². The number of carbonyl (C=O) groups excluding carboxylic acids is 1. The Morgan fingerprint density at radius 3 is 2.90 bits per heavy atom. The number of fused-ring (bicyclic) bond motifs is 1. The van der Waals surface area contributed by atoms with E-state index in [1.54, 1.807) is 19.5 Å². The minimum atomic E-state index is -1.12. The number of aromatic nitrogens is 1. The molecule has 0 bridgehead atoms. The zero-order chi connectivity index (χ0) is 21.1. The van der Waals surface area contributed by atoms with Gasteiger partial charge in [0.05, 0.1) is 25.2 Å². The molecule has 0 unspecified atom stereocenters. The second-order valence-electron chi connectivity index (χ2n) is 8.50. The van der Waals surface area contributed by atoms with Crippen molar-refractivity contribution in [3.8, 4) is 11.8 Å². The molecule has 1 saturated carbocycles. The first-order chi connectivity index (χ1) is 14.5. The van der Waals surface area contributed by atoms with Gasteiger partial charge in [-0.25, -0.2) is 0 Å². The maximum Gasteiger partial charge on any atom is 0.227 e. The van der Waals surface area contributed by atoms with Crippen LogP contribution in [0.3, 0.4) is 0 Å². The lowest BCUT2D eigenvalue weighted by Gasteiger charge is -2.45. The molecule has 1 N–H and O–H groups in total. The zero-order valence-corrected chi connectivity index (χ0v) is 17.2. The van der Waals surface area contributed by atoms with Crippen molar-refractivity contribution in [1.82, 2.24) is 9.88 Å². The van der Waals surface area contributed by atoms with Crippen molar-refractivity contribution < 1.29 is 14.6 Å². The first-order valence-corrected chi connectivity index (χ1v) is 10.4. The van der Waals surface area contributed by atoms with E-state index in [4.69, 9.17) is 4.74 Å². The fourth-order valence-corrected chi connectivity index (χ4v) is 5.34. The van der Waals surface area contributed by atoms with Crippen LogP contribution in [0.5, 0.6) is 5.75 Å². The number of pyridine rings is 1. The van der Waals surface area contributed by atoms with E-state index in [-0.39, 0.29) is 23.7 Å². The number of hydrogen-bond donors (Lipinski definition) is 1. The van der Waals surface area contributed by atoms with Crippen LogP contribution in [0, 0.1) is 29.1 Å². The zero-order valence-electron chi connectivity index (χ0n) is 17.2. The van der Waals surface area contributed by atoms with Gasteiger partial charge in [0.2, 0.25) is 5.91 Å². The number of nitriles is 1. The highest BCUT2D eigenvalue weighted by molar-refractivity contribution is 5.79. The lowest BCUT2D eigenvalue weighted by molar-refractivity contribution is -0.130. The average Bonchev–Trinajstić information content (AvgIpc) is 3.20. The summed E-state index contributed by atoms with van der Waals surface area (Å²) in [5.41, 5.74) is 0.520. The van der Waals surface area contributed by atoms with Crippen LogP contribution in [-0.4, -0.2) is 41.1 Å². The molecular formula is C24H27N3O3. The molecule has 2 fully saturated rings. The molecule has 2 aliphatic rings. The third-order valence-electron chi connectivity index (χ3n) is 6.67. The van der Waals surface area contributed by atoms with Crippen LogP contribution < -0.4 is 4.74 Å². The fraction of sp³-hybridized carbons (Fsp3) is 0.458. The molecule has 4 atom stereocenters. The van der Waals surface area contributed by atoms with Crippen molar-refractivity contribution in [3.05, 3.63) is 59.9 Å². The molecule has 4 rings (SSSR count). The van der Waals surface area contributed by atoms with Gasteiger partial charge in [0.1, 0.15) is 5.75 Å². The van der Waals surface area contributed by atoms with Crippen LogP contribution in [0.15, 0.2) is 48.8 Å². The summed E-state index contributed by atoms with van der Waals surface area (Å²) in [4.78, 5) is 18.9. The Kier molecular flexibility index (Phi) is 5.74. The third-order valence-corrected chi connectivity index (χ3v) is 6.67. The Hall–Kier alpha value is -2.91. The Bertz CT molecular complexity index is 942. The Morgan fingerprint density at radius 2 is 2.17 bits per heavy atom. The number of likely N-dealkylation sites (tertiary alicyclic amines) is 1. The summed E-state index contributed by atoms with van der Waals surface area (Å²) in [6, 6.07) is 13.6. The maximum atomic E-state index is 13.0. The summed E-state index contributed by atoms with van der Waals surface area (Å²) >= 11 is 0.